The fourth-order valence-corrected chi connectivity index (χ4v) is 3.59. The summed E-state index contributed by atoms with van der Waals surface area (Å²) in [6, 6.07) is 16.6. The standard InChI is InChI=1S/C22H20N2O3S/c1-22(2,3)15-10-8-14(9-11-15)21(26)27-13-18(25)16(12-23)20-24-17-6-4-5-7-19(17)28-20/h4-11,25H,13H2,1-3H3/b18-16-. The Hall–Kier alpha value is -3.17. The van der Waals surface area contributed by atoms with Gasteiger partial charge in [0.05, 0.1) is 15.8 Å². The second-order valence-electron chi connectivity index (χ2n) is 7.32. The quantitative estimate of drug-likeness (QED) is 0.373. The minimum atomic E-state index is -0.561. The van der Waals surface area contributed by atoms with E-state index in [9.17, 15) is 15.2 Å². The molecule has 142 valence electrons. The van der Waals surface area contributed by atoms with Gasteiger partial charge in [0.2, 0.25) is 0 Å². The molecule has 5 nitrogen and oxygen atoms in total. The van der Waals surface area contributed by atoms with Gasteiger partial charge in [-0.2, -0.15) is 5.26 Å². The zero-order valence-corrected chi connectivity index (χ0v) is 16.7. The van der Waals surface area contributed by atoms with Crippen LogP contribution in [-0.4, -0.2) is 22.7 Å². The van der Waals surface area contributed by atoms with Crippen molar-refractivity contribution in [2.24, 2.45) is 0 Å². The molecule has 0 spiro atoms. The zero-order valence-electron chi connectivity index (χ0n) is 15.9. The molecular weight excluding hydrogens is 372 g/mol. The number of hydrogen-bond acceptors (Lipinski definition) is 6. The van der Waals surface area contributed by atoms with E-state index in [-0.39, 0.29) is 16.7 Å². The molecule has 28 heavy (non-hydrogen) atoms. The summed E-state index contributed by atoms with van der Waals surface area (Å²) in [6.07, 6.45) is 0. The molecular formula is C22H20N2O3S. The van der Waals surface area contributed by atoms with Crippen LogP contribution in [-0.2, 0) is 10.2 Å². The van der Waals surface area contributed by atoms with Crippen molar-refractivity contribution in [3.05, 3.63) is 70.4 Å². The molecule has 2 aromatic carbocycles. The van der Waals surface area contributed by atoms with E-state index in [1.165, 1.54) is 11.3 Å². The number of esters is 1. The molecule has 0 bridgehead atoms. The van der Waals surface area contributed by atoms with Gasteiger partial charge in [-0.1, -0.05) is 45.0 Å². The van der Waals surface area contributed by atoms with Crippen molar-refractivity contribution in [3.8, 4) is 6.07 Å². The second kappa shape index (κ2) is 7.83. The monoisotopic (exact) mass is 392 g/mol. The molecule has 0 fully saturated rings. The van der Waals surface area contributed by atoms with E-state index in [0.29, 0.717) is 10.6 Å². The Bertz CT molecular complexity index is 1050. The number of aromatic nitrogens is 1. The van der Waals surface area contributed by atoms with Gasteiger partial charge in [-0.05, 0) is 35.2 Å². The predicted molar refractivity (Wildman–Crippen MR) is 110 cm³/mol. The van der Waals surface area contributed by atoms with E-state index >= 15 is 0 Å². The molecule has 6 heteroatoms. The molecule has 0 aliphatic heterocycles. The molecule has 0 unspecified atom stereocenters. The maximum Gasteiger partial charge on any atom is 0.338 e. The topological polar surface area (TPSA) is 83.2 Å². The number of para-hydroxylation sites is 1. The molecule has 0 atom stereocenters. The van der Waals surface area contributed by atoms with E-state index in [2.05, 4.69) is 25.8 Å². The lowest BCUT2D eigenvalue weighted by molar-refractivity contribution is 0.0503. The summed E-state index contributed by atoms with van der Waals surface area (Å²) in [5.74, 6) is -0.880. The van der Waals surface area contributed by atoms with Crippen LogP contribution in [0.3, 0.4) is 0 Å². The van der Waals surface area contributed by atoms with Crippen LogP contribution < -0.4 is 0 Å². The van der Waals surface area contributed by atoms with Crippen LogP contribution in [0.5, 0.6) is 0 Å². The Kier molecular flexibility index (Phi) is 5.48. The number of allylic oxidation sites excluding steroid dienone is 1. The number of carbonyl (C=O) groups is 1. The number of hydrogen-bond donors (Lipinski definition) is 1. The summed E-state index contributed by atoms with van der Waals surface area (Å²) in [5.41, 5.74) is 2.24. The number of fused-ring (bicyclic) bond motifs is 1. The Morgan fingerprint density at radius 3 is 2.46 bits per heavy atom. The number of rotatable bonds is 4. The lowest BCUT2D eigenvalue weighted by Gasteiger charge is -2.18. The number of aliphatic hydroxyl groups is 1. The minimum absolute atomic E-state index is 0.0112. The van der Waals surface area contributed by atoms with Crippen LogP contribution >= 0.6 is 11.3 Å². The van der Waals surface area contributed by atoms with Crippen molar-refractivity contribution in [2.45, 2.75) is 26.2 Å². The summed E-state index contributed by atoms with van der Waals surface area (Å²) in [5, 5.41) is 20.1. The molecule has 3 aromatic rings. The van der Waals surface area contributed by atoms with E-state index in [1.54, 1.807) is 12.1 Å². The average Bonchev–Trinajstić information content (AvgIpc) is 3.09. The Labute approximate surface area is 167 Å². The van der Waals surface area contributed by atoms with Gasteiger partial charge in [0, 0.05) is 0 Å². The van der Waals surface area contributed by atoms with Gasteiger partial charge >= 0.3 is 5.97 Å². The van der Waals surface area contributed by atoms with Crippen molar-refractivity contribution in [2.75, 3.05) is 6.61 Å². The van der Waals surface area contributed by atoms with Gasteiger partial charge in [-0.25, -0.2) is 9.78 Å². The first-order valence-corrected chi connectivity index (χ1v) is 9.57. The maximum atomic E-state index is 12.2. The van der Waals surface area contributed by atoms with E-state index < -0.39 is 12.6 Å². The number of benzene rings is 2. The first kappa shape index (κ1) is 19.6. The van der Waals surface area contributed by atoms with Crippen molar-refractivity contribution in [1.29, 1.82) is 5.26 Å². The van der Waals surface area contributed by atoms with Crippen LogP contribution in [0.25, 0.3) is 15.8 Å². The number of aliphatic hydroxyl groups excluding tert-OH is 1. The molecule has 0 saturated carbocycles. The number of ether oxygens (including phenoxy) is 1. The lowest BCUT2D eigenvalue weighted by Crippen LogP contribution is -2.12. The average molecular weight is 392 g/mol. The van der Waals surface area contributed by atoms with E-state index in [0.717, 1.165) is 15.8 Å². The van der Waals surface area contributed by atoms with Crippen LogP contribution in [0, 0.1) is 11.3 Å². The highest BCUT2D eigenvalue weighted by Crippen LogP contribution is 2.28. The van der Waals surface area contributed by atoms with Crippen molar-refractivity contribution in [3.63, 3.8) is 0 Å². The third-order valence-corrected chi connectivity index (χ3v) is 5.29. The summed E-state index contributed by atoms with van der Waals surface area (Å²) in [7, 11) is 0. The Morgan fingerprint density at radius 2 is 1.86 bits per heavy atom. The van der Waals surface area contributed by atoms with Crippen LogP contribution in [0.4, 0.5) is 0 Å². The summed E-state index contributed by atoms with van der Waals surface area (Å²) >= 11 is 1.30. The lowest BCUT2D eigenvalue weighted by atomic mass is 9.87. The molecule has 0 radical (unpaired) electrons. The number of thiazole rings is 1. The van der Waals surface area contributed by atoms with E-state index in [4.69, 9.17) is 4.74 Å². The van der Waals surface area contributed by atoms with Crippen molar-refractivity contribution >= 4 is 33.1 Å². The van der Waals surface area contributed by atoms with Crippen molar-refractivity contribution in [1.82, 2.24) is 4.98 Å². The van der Waals surface area contributed by atoms with Gasteiger partial charge in [0.15, 0.2) is 5.76 Å². The predicted octanol–water partition coefficient (Wildman–Crippen LogP) is 5.24. The fourth-order valence-electron chi connectivity index (χ4n) is 2.61. The fraction of sp³-hybridized carbons (Fsp3) is 0.227. The first-order valence-electron chi connectivity index (χ1n) is 8.75. The minimum Gasteiger partial charge on any atom is -0.507 e. The highest BCUT2D eigenvalue weighted by Gasteiger charge is 2.17. The van der Waals surface area contributed by atoms with Crippen LogP contribution in [0.1, 0.15) is 41.7 Å². The molecule has 1 aromatic heterocycles. The molecule has 0 saturated heterocycles. The number of carbonyl (C=O) groups excluding carboxylic acids is 1. The smallest absolute Gasteiger partial charge is 0.338 e. The molecule has 1 N–H and O–H groups in total. The largest absolute Gasteiger partial charge is 0.507 e. The summed E-state index contributed by atoms with van der Waals surface area (Å²) < 4.78 is 6.08. The third kappa shape index (κ3) is 4.21. The maximum absolute atomic E-state index is 12.2. The molecule has 3 rings (SSSR count). The Balaban J connectivity index is 1.74. The third-order valence-electron chi connectivity index (χ3n) is 4.23. The SMILES string of the molecule is CC(C)(C)c1ccc(C(=O)OC/C(O)=C(\C#N)c2nc3ccccc3s2)cc1. The normalized spacial score (nSPS) is 12.4. The molecule has 0 aliphatic rings. The highest BCUT2D eigenvalue weighted by atomic mass is 32.1. The zero-order chi connectivity index (χ0) is 20.3. The molecule has 0 aliphatic carbocycles. The van der Waals surface area contributed by atoms with E-state index in [1.807, 2.05) is 42.5 Å². The van der Waals surface area contributed by atoms with Crippen LogP contribution in [0.2, 0.25) is 0 Å². The van der Waals surface area contributed by atoms with Crippen molar-refractivity contribution < 1.29 is 14.6 Å². The second-order valence-corrected chi connectivity index (χ2v) is 8.35. The summed E-state index contributed by atoms with van der Waals surface area (Å²) in [6.45, 7) is 5.89. The number of nitriles is 1. The summed E-state index contributed by atoms with van der Waals surface area (Å²) in [4.78, 5) is 16.6. The van der Waals surface area contributed by atoms with Gasteiger partial charge in [-0.3, -0.25) is 0 Å². The highest BCUT2D eigenvalue weighted by molar-refractivity contribution is 7.19. The van der Waals surface area contributed by atoms with Gasteiger partial charge in [-0.15, -0.1) is 11.3 Å². The number of nitrogens with zero attached hydrogens (tertiary/aromatic N) is 2. The first-order chi connectivity index (χ1) is 13.3. The molecule has 1 heterocycles. The Morgan fingerprint density at radius 1 is 1.18 bits per heavy atom. The molecule has 0 amide bonds. The van der Waals surface area contributed by atoms with Gasteiger partial charge in [0.1, 0.15) is 23.3 Å². The van der Waals surface area contributed by atoms with Gasteiger partial charge in [0.25, 0.3) is 0 Å². The van der Waals surface area contributed by atoms with Gasteiger partial charge < -0.3 is 9.84 Å². The van der Waals surface area contributed by atoms with Crippen LogP contribution in [0.15, 0.2) is 54.3 Å².